The standard InChI is InChI=1S/C22H22F3N3O5S/c1-21(2,3)33-20(29)27-15-7-8-19-18(12-15)28(13-16(32-19)9-10-26)34(30,31)17-6-4-5-14(11-17)22(23,24)25/h4-8,11-12,16H,9,13H2,1-3H3,(H,27,29). The van der Waals surface area contributed by atoms with Crippen LogP contribution in [0.1, 0.15) is 32.8 Å². The number of nitriles is 1. The van der Waals surface area contributed by atoms with Gasteiger partial charge in [-0.1, -0.05) is 6.07 Å². The van der Waals surface area contributed by atoms with Crippen molar-refractivity contribution in [2.24, 2.45) is 0 Å². The number of amides is 1. The van der Waals surface area contributed by atoms with Crippen LogP contribution in [0.5, 0.6) is 5.75 Å². The van der Waals surface area contributed by atoms with Gasteiger partial charge in [-0.3, -0.25) is 9.62 Å². The molecule has 3 rings (SSSR count). The number of carbonyl (C=O) groups excluding carboxylic acids is 1. The highest BCUT2D eigenvalue weighted by molar-refractivity contribution is 7.92. The van der Waals surface area contributed by atoms with Crippen molar-refractivity contribution < 1.29 is 35.9 Å². The summed E-state index contributed by atoms with van der Waals surface area (Å²) < 4.78 is 78.1. The number of nitrogens with zero attached hydrogens (tertiary/aromatic N) is 2. The predicted molar refractivity (Wildman–Crippen MR) is 117 cm³/mol. The lowest BCUT2D eigenvalue weighted by atomic mass is 10.2. The predicted octanol–water partition coefficient (Wildman–Crippen LogP) is 4.92. The minimum Gasteiger partial charge on any atom is -0.485 e. The molecule has 1 unspecified atom stereocenters. The molecule has 1 aliphatic rings. The zero-order chi connectivity index (χ0) is 25.3. The fraction of sp³-hybridized carbons (Fsp3) is 0.364. The third-order valence-electron chi connectivity index (χ3n) is 4.60. The van der Waals surface area contributed by atoms with Gasteiger partial charge in [-0.05, 0) is 57.2 Å². The van der Waals surface area contributed by atoms with Crippen LogP contribution in [0, 0.1) is 11.3 Å². The van der Waals surface area contributed by atoms with Crippen LogP contribution in [0.3, 0.4) is 0 Å². The highest BCUT2D eigenvalue weighted by atomic mass is 32.2. The maximum absolute atomic E-state index is 13.4. The summed E-state index contributed by atoms with van der Waals surface area (Å²) in [7, 11) is -4.48. The van der Waals surface area contributed by atoms with Crippen LogP contribution in [0.2, 0.25) is 0 Å². The first-order chi connectivity index (χ1) is 15.7. The first kappa shape index (κ1) is 25.2. The van der Waals surface area contributed by atoms with Gasteiger partial charge in [0.25, 0.3) is 10.0 Å². The molecular weight excluding hydrogens is 475 g/mol. The molecule has 0 fully saturated rings. The molecule has 12 heteroatoms. The Bertz CT molecular complexity index is 1230. The van der Waals surface area contributed by atoms with Crippen LogP contribution in [0.25, 0.3) is 0 Å². The van der Waals surface area contributed by atoms with Gasteiger partial charge < -0.3 is 9.47 Å². The Labute approximate surface area is 194 Å². The van der Waals surface area contributed by atoms with E-state index >= 15 is 0 Å². The number of rotatable bonds is 4. The van der Waals surface area contributed by atoms with Gasteiger partial charge in [0.2, 0.25) is 0 Å². The second kappa shape index (κ2) is 9.06. The fourth-order valence-electron chi connectivity index (χ4n) is 3.21. The average molecular weight is 497 g/mol. The topological polar surface area (TPSA) is 109 Å². The number of halogens is 3. The third kappa shape index (κ3) is 5.72. The van der Waals surface area contributed by atoms with Gasteiger partial charge in [-0.2, -0.15) is 18.4 Å². The number of hydrogen-bond donors (Lipinski definition) is 1. The smallest absolute Gasteiger partial charge is 0.416 e. The molecule has 2 aromatic rings. The number of ether oxygens (including phenoxy) is 2. The molecule has 0 aliphatic carbocycles. The van der Waals surface area contributed by atoms with Gasteiger partial charge >= 0.3 is 12.3 Å². The van der Waals surface area contributed by atoms with E-state index in [4.69, 9.17) is 14.7 Å². The van der Waals surface area contributed by atoms with E-state index in [0.717, 1.165) is 22.5 Å². The molecule has 0 spiro atoms. The van der Waals surface area contributed by atoms with Crippen LogP contribution < -0.4 is 14.4 Å². The lowest BCUT2D eigenvalue weighted by Crippen LogP contribution is -2.43. The normalized spacial score (nSPS) is 16.1. The molecule has 2 aromatic carbocycles. The number of alkyl halides is 3. The van der Waals surface area contributed by atoms with Crippen LogP contribution in [0.4, 0.5) is 29.3 Å². The Morgan fingerprint density at radius 1 is 1.24 bits per heavy atom. The van der Waals surface area contributed by atoms with Gasteiger partial charge in [0.1, 0.15) is 17.5 Å². The molecule has 1 atom stereocenters. The number of benzene rings is 2. The Morgan fingerprint density at radius 3 is 2.56 bits per heavy atom. The van der Waals surface area contributed by atoms with Crippen molar-refractivity contribution in [3.63, 3.8) is 0 Å². The Hall–Kier alpha value is -3.46. The number of sulfonamides is 1. The van der Waals surface area contributed by atoms with E-state index < -0.39 is 44.5 Å². The summed E-state index contributed by atoms with van der Waals surface area (Å²) in [6.45, 7) is 4.71. The molecule has 1 aliphatic heterocycles. The zero-order valence-corrected chi connectivity index (χ0v) is 19.3. The summed E-state index contributed by atoms with van der Waals surface area (Å²) >= 11 is 0. The Kier molecular flexibility index (Phi) is 6.71. The van der Waals surface area contributed by atoms with Crippen molar-refractivity contribution in [1.29, 1.82) is 5.26 Å². The molecule has 34 heavy (non-hydrogen) atoms. The molecule has 0 radical (unpaired) electrons. The fourth-order valence-corrected chi connectivity index (χ4v) is 4.75. The van der Waals surface area contributed by atoms with Gasteiger partial charge in [0.15, 0.2) is 0 Å². The van der Waals surface area contributed by atoms with Gasteiger partial charge in [-0.25, -0.2) is 13.2 Å². The van der Waals surface area contributed by atoms with E-state index in [-0.39, 0.29) is 30.1 Å². The molecule has 8 nitrogen and oxygen atoms in total. The van der Waals surface area contributed by atoms with E-state index in [1.807, 2.05) is 6.07 Å². The number of carbonyl (C=O) groups is 1. The number of anilines is 2. The van der Waals surface area contributed by atoms with Crippen molar-refractivity contribution in [2.45, 2.75) is 50.0 Å². The van der Waals surface area contributed by atoms with Gasteiger partial charge in [0.05, 0.1) is 35.2 Å². The lowest BCUT2D eigenvalue weighted by Gasteiger charge is -2.35. The molecule has 0 aromatic heterocycles. The molecular formula is C22H22F3N3O5S. The van der Waals surface area contributed by atoms with Crippen LogP contribution in [-0.4, -0.2) is 32.8 Å². The number of fused-ring (bicyclic) bond motifs is 1. The summed E-state index contributed by atoms with van der Waals surface area (Å²) in [4.78, 5) is 11.6. The maximum Gasteiger partial charge on any atom is 0.416 e. The van der Waals surface area contributed by atoms with Crippen molar-refractivity contribution in [3.05, 3.63) is 48.0 Å². The zero-order valence-electron chi connectivity index (χ0n) is 18.5. The summed E-state index contributed by atoms with van der Waals surface area (Å²) in [5, 5.41) is 11.5. The van der Waals surface area contributed by atoms with E-state index in [1.54, 1.807) is 20.8 Å². The quantitative estimate of drug-likeness (QED) is 0.642. The molecule has 182 valence electrons. The summed E-state index contributed by atoms with van der Waals surface area (Å²) in [5.74, 6) is 0.0942. The third-order valence-corrected chi connectivity index (χ3v) is 6.38. The highest BCUT2D eigenvalue weighted by Crippen LogP contribution is 2.40. The first-order valence-corrected chi connectivity index (χ1v) is 11.5. The minimum atomic E-state index is -4.73. The molecule has 1 N–H and O–H groups in total. The van der Waals surface area contributed by atoms with Crippen molar-refractivity contribution in [1.82, 2.24) is 0 Å². The van der Waals surface area contributed by atoms with Crippen molar-refractivity contribution >= 4 is 27.5 Å². The lowest BCUT2D eigenvalue weighted by molar-refractivity contribution is -0.137. The second-order valence-corrected chi connectivity index (χ2v) is 10.3. The van der Waals surface area contributed by atoms with E-state index in [0.29, 0.717) is 6.07 Å². The molecule has 0 saturated heterocycles. The maximum atomic E-state index is 13.4. The van der Waals surface area contributed by atoms with Crippen LogP contribution in [0.15, 0.2) is 47.4 Å². The first-order valence-electron chi connectivity index (χ1n) is 10.1. The monoisotopic (exact) mass is 497 g/mol. The van der Waals surface area contributed by atoms with Crippen LogP contribution >= 0.6 is 0 Å². The summed E-state index contributed by atoms with van der Waals surface area (Å²) in [5.41, 5.74) is -1.71. The van der Waals surface area contributed by atoms with Gasteiger partial charge in [0, 0.05) is 5.69 Å². The highest BCUT2D eigenvalue weighted by Gasteiger charge is 2.37. The summed E-state index contributed by atoms with van der Waals surface area (Å²) in [6, 6.07) is 9.45. The molecule has 1 heterocycles. The largest absolute Gasteiger partial charge is 0.485 e. The van der Waals surface area contributed by atoms with Gasteiger partial charge in [-0.15, -0.1) is 0 Å². The van der Waals surface area contributed by atoms with E-state index in [2.05, 4.69) is 5.32 Å². The average Bonchev–Trinajstić information content (AvgIpc) is 2.71. The number of nitrogens with one attached hydrogen (secondary N) is 1. The Balaban J connectivity index is 2.04. The van der Waals surface area contributed by atoms with Crippen molar-refractivity contribution in [2.75, 3.05) is 16.2 Å². The minimum absolute atomic E-state index is 0.000148. The summed E-state index contributed by atoms with van der Waals surface area (Å²) in [6.07, 6.45) is -6.50. The number of hydrogen-bond acceptors (Lipinski definition) is 6. The van der Waals surface area contributed by atoms with Crippen LogP contribution in [-0.2, 0) is 20.9 Å². The molecule has 0 saturated carbocycles. The Morgan fingerprint density at radius 2 is 1.94 bits per heavy atom. The second-order valence-electron chi connectivity index (χ2n) is 8.47. The molecule has 0 bridgehead atoms. The van der Waals surface area contributed by atoms with Crippen molar-refractivity contribution in [3.8, 4) is 11.8 Å². The van der Waals surface area contributed by atoms with E-state index in [9.17, 15) is 26.4 Å². The molecule has 1 amide bonds. The van der Waals surface area contributed by atoms with E-state index in [1.165, 1.54) is 18.2 Å². The SMILES string of the molecule is CC(C)(C)OC(=O)Nc1ccc2c(c1)N(S(=O)(=O)c1cccc(C(F)(F)F)c1)CC(CC#N)O2.